The first-order valence-corrected chi connectivity index (χ1v) is 7.50. The lowest BCUT2D eigenvalue weighted by molar-refractivity contribution is 0.0934. The van der Waals surface area contributed by atoms with Crippen LogP contribution in [0.5, 0.6) is 11.5 Å². The maximum Gasteiger partial charge on any atom is 0.255 e. The van der Waals surface area contributed by atoms with Gasteiger partial charge in [-0.05, 0) is 31.4 Å². The van der Waals surface area contributed by atoms with Crippen molar-refractivity contribution in [1.29, 1.82) is 0 Å². The number of hydrogen-bond acceptors (Lipinski definition) is 3. The molecule has 0 aliphatic carbocycles. The molecule has 118 valence electrons. The number of amides is 1. The van der Waals surface area contributed by atoms with Crippen molar-refractivity contribution >= 4 is 5.91 Å². The molecule has 0 saturated heterocycles. The fraction of sp³-hybridized carbons (Fsp3) is 0.588. The number of nitrogens with one attached hydrogen (secondary N) is 1. The van der Waals surface area contributed by atoms with E-state index in [0.29, 0.717) is 23.0 Å². The van der Waals surface area contributed by atoms with Crippen LogP contribution in [0.4, 0.5) is 0 Å². The van der Waals surface area contributed by atoms with Gasteiger partial charge in [0.15, 0.2) is 0 Å². The average Bonchev–Trinajstić information content (AvgIpc) is 2.45. The van der Waals surface area contributed by atoms with Gasteiger partial charge >= 0.3 is 0 Å². The van der Waals surface area contributed by atoms with E-state index >= 15 is 0 Å². The zero-order chi connectivity index (χ0) is 15.8. The van der Waals surface area contributed by atoms with Crippen LogP contribution in [-0.2, 0) is 0 Å². The Balaban J connectivity index is 2.62. The van der Waals surface area contributed by atoms with Gasteiger partial charge in [-0.3, -0.25) is 4.79 Å². The van der Waals surface area contributed by atoms with Crippen LogP contribution in [0.2, 0.25) is 0 Å². The standard InChI is InChI=1S/C17H27NO3/c1-12(2)7-6-8-13(3)18-17(19)15-10-9-14(20-4)11-16(15)21-5/h9-13H,6-8H2,1-5H3,(H,18,19). The summed E-state index contributed by atoms with van der Waals surface area (Å²) in [7, 11) is 3.14. The molecule has 1 aromatic rings. The molecule has 0 radical (unpaired) electrons. The van der Waals surface area contributed by atoms with Crippen LogP contribution < -0.4 is 14.8 Å². The second kappa shape index (κ2) is 8.55. The summed E-state index contributed by atoms with van der Waals surface area (Å²) < 4.78 is 10.4. The van der Waals surface area contributed by atoms with Gasteiger partial charge in [-0.25, -0.2) is 0 Å². The Morgan fingerprint density at radius 1 is 1.14 bits per heavy atom. The molecule has 0 saturated carbocycles. The number of ether oxygens (including phenoxy) is 2. The first-order chi connectivity index (χ1) is 9.97. The van der Waals surface area contributed by atoms with Gasteiger partial charge in [0.2, 0.25) is 0 Å². The predicted octanol–water partition coefficient (Wildman–Crippen LogP) is 3.65. The Bertz CT molecular complexity index is 457. The molecule has 1 atom stereocenters. The second-order valence-electron chi connectivity index (χ2n) is 5.77. The van der Waals surface area contributed by atoms with Gasteiger partial charge in [-0.15, -0.1) is 0 Å². The van der Waals surface area contributed by atoms with Gasteiger partial charge in [0, 0.05) is 12.1 Å². The number of benzene rings is 1. The molecular formula is C17H27NO3. The third kappa shape index (κ3) is 5.66. The molecule has 1 N–H and O–H groups in total. The highest BCUT2D eigenvalue weighted by molar-refractivity contribution is 5.97. The summed E-state index contributed by atoms with van der Waals surface area (Å²) in [6.07, 6.45) is 3.30. The monoisotopic (exact) mass is 293 g/mol. The summed E-state index contributed by atoms with van der Waals surface area (Å²) in [4.78, 5) is 12.3. The van der Waals surface area contributed by atoms with Crippen LogP contribution in [0.25, 0.3) is 0 Å². The van der Waals surface area contributed by atoms with Gasteiger partial charge < -0.3 is 14.8 Å². The summed E-state index contributed by atoms with van der Waals surface area (Å²) in [5.74, 6) is 1.80. The third-order valence-electron chi connectivity index (χ3n) is 3.45. The highest BCUT2D eigenvalue weighted by atomic mass is 16.5. The highest BCUT2D eigenvalue weighted by Crippen LogP contribution is 2.24. The van der Waals surface area contributed by atoms with Crippen molar-refractivity contribution in [3.63, 3.8) is 0 Å². The van der Waals surface area contributed by atoms with E-state index in [1.165, 1.54) is 6.42 Å². The van der Waals surface area contributed by atoms with Crippen molar-refractivity contribution < 1.29 is 14.3 Å². The van der Waals surface area contributed by atoms with Crippen molar-refractivity contribution in [3.05, 3.63) is 23.8 Å². The minimum absolute atomic E-state index is 0.105. The number of methoxy groups -OCH3 is 2. The quantitative estimate of drug-likeness (QED) is 0.796. The lowest BCUT2D eigenvalue weighted by atomic mass is 10.0. The molecule has 4 heteroatoms. The molecule has 0 fully saturated rings. The summed E-state index contributed by atoms with van der Waals surface area (Å²) in [6.45, 7) is 6.46. The molecular weight excluding hydrogens is 266 g/mol. The largest absolute Gasteiger partial charge is 0.497 e. The van der Waals surface area contributed by atoms with Crippen molar-refractivity contribution in [1.82, 2.24) is 5.32 Å². The van der Waals surface area contributed by atoms with Crippen LogP contribution >= 0.6 is 0 Å². The molecule has 1 unspecified atom stereocenters. The molecule has 0 heterocycles. The molecule has 0 bridgehead atoms. The zero-order valence-corrected chi connectivity index (χ0v) is 13.7. The van der Waals surface area contributed by atoms with E-state index in [2.05, 4.69) is 19.2 Å². The molecule has 21 heavy (non-hydrogen) atoms. The van der Waals surface area contributed by atoms with Crippen LogP contribution in [0.1, 0.15) is 50.4 Å². The Morgan fingerprint density at radius 2 is 1.86 bits per heavy atom. The SMILES string of the molecule is COc1ccc(C(=O)NC(C)CCCC(C)C)c(OC)c1. The van der Waals surface area contributed by atoms with E-state index in [-0.39, 0.29) is 11.9 Å². The van der Waals surface area contributed by atoms with E-state index < -0.39 is 0 Å². The smallest absolute Gasteiger partial charge is 0.255 e. The van der Waals surface area contributed by atoms with E-state index in [4.69, 9.17) is 9.47 Å². The van der Waals surface area contributed by atoms with Gasteiger partial charge in [0.1, 0.15) is 11.5 Å². The first kappa shape index (κ1) is 17.3. The minimum Gasteiger partial charge on any atom is -0.497 e. The third-order valence-corrected chi connectivity index (χ3v) is 3.45. The van der Waals surface area contributed by atoms with Crippen molar-refractivity contribution in [2.45, 2.75) is 46.1 Å². The molecule has 1 aromatic carbocycles. The second-order valence-corrected chi connectivity index (χ2v) is 5.77. The Morgan fingerprint density at radius 3 is 2.43 bits per heavy atom. The lowest BCUT2D eigenvalue weighted by Crippen LogP contribution is -2.32. The van der Waals surface area contributed by atoms with E-state index in [1.807, 2.05) is 6.92 Å². The number of carbonyl (C=O) groups is 1. The van der Waals surface area contributed by atoms with Crippen molar-refractivity contribution in [2.75, 3.05) is 14.2 Å². The Labute approximate surface area is 127 Å². The van der Waals surface area contributed by atoms with Crippen LogP contribution in [0.3, 0.4) is 0 Å². The maximum atomic E-state index is 12.3. The highest BCUT2D eigenvalue weighted by Gasteiger charge is 2.15. The molecule has 0 aromatic heterocycles. The van der Waals surface area contributed by atoms with Crippen LogP contribution in [0, 0.1) is 5.92 Å². The zero-order valence-electron chi connectivity index (χ0n) is 13.7. The predicted molar refractivity (Wildman–Crippen MR) is 85.2 cm³/mol. The lowest BCUT2D eigenvalue weighted by Gasteiger charge is -2.16. The van der Waals surface area contributed by atoms with Gasteiger partial charge in [0.05, 0.1) is 19.8 Å². The molecule has 1 amide bonds. The minimum atomic E-state index is -0.105. The van der Waals surface area contributed by atoms with E-state index in [9.17, 15) is 4.79 Å². The Kier molecular flexibility index (Phi) is 7.06. The van der Waals surface area contributed by atoms with Crippen molar-refractivity contribution in [3.8, 4) is 11.5 Å². The summed E-state index contributed by atoms with van der Waals surface area (Å²) >= 11 is 0. The van der Waals surface area contributed by atoms with Crippen LogP contribution in [-0.4, -0.2) is 26.2 Å². The summed E-state index contributed by atoms with van der Waals surface area (Å²) in [5.41, 5.74) is 0.536. The topological polar surface area (TPSA) is 47.6 Å². The molecule has 0 spiro atoms. The van der Waals surface area contributed by atoms with Gasteiger partial charge in [0.25, 0.3) is 5.91 Å². The van der Waals surface area contributed by atoms with Crippen LogP contribution in [0.15, 0.2) is 18.2 Å². The van der Waals surface area contributed by atoms with E-state index in [0.717, 1.165) is 12.8 Å². The Hall–Kier alpha value is -1.71. The first-order valence-electron chi connectivity index (χ1n) is 7.50. The normalized spacial score (nSPS) is 12.1. The van der Waals surface area contributed by atoms with Crippen molar-refractivity contribution in [2.24, 2.45) is 5.92 Å². The average molecular weight is 293 g/mol. The van der Waals surface area contributed by atoms with E-state index in [1.54, 1.807) is 32.4 Å². The molecule has 1 rings (SSSR count). The molecule has 0 aliphatic heterocycles. The van der Waals surface area contributed by atoms with Gasteiger partial charge in [-0.1, -0.05) is 26.7 Å². The molecule has 4 nitrogen and oxygen atoms in total. The summed E-state index contributed by atoms with van der Waals surface area (Å²) in [5, 5.41) is 3.02. The molecule has 0 aliphatic rings. The fourth-order valence-electron chi connectivity index (χ4n) is 2.19. The number of rotatable bonds is 8. The summed E-state index contributed by atoms with van der Waals surface area (Å²) in [6, 6.07) is 5.37. The fourth-order valence-corrected chi connectivity index (χ4v) is 2.19. The van der Waals surface area contributed by atoms with Gasteiger partial charge in [-0.2, -0.15) is 0 Å². The number of hydrogen-bond donors (Lipinski definition) is 1. The number of carbonyl (C=O) groups excluding carboxylic acids is 1. The maximum absolute atomic E-state index is 12.3.